The summed E-state index contributed by atoms with van der Waals surface area (Å²) in [5, 5.41) is 11.3. The minimum Gasteiger partial charge on any atom is -0.361 e. The van der Waals surface area contributed by atoms with Crippen LogP contribution in [-0.2, 0) is 17.8 Å². The lowest BCUT2D eigenvalue weighted by Crippen LogP contribution is -2.32. The van der Waals surface area contributed by atoms with E-state index in [1.54, 1.807) is 6.33 Å². The van der Waals surface area contributed by atoms with Gasteiger partial charge in [0, 0.05) is 18.5 Å². The molecule has 1 aliphatic rings. The number of hydrogen-bond donors (Lipinski definition) is 1. The van der Waals surface area contributed by atoms with Gasteiger partial charge >= 0.3 is 0 Å². The van der Waals surface area contributed by atoms with Gasteiger partial charge in [-0.2, -0.15) is 5.10 Å². The van der Waals surface area contributed by atoms with Gasteiger partial charge in [-0.05, 0) is 46.0 Å². The standard InChI is InChI=1S/C16H23N5O2/c1-4-21-16(17-9-18-21)15(12-5-6-12)19-14(22)8-7-13-10(2)20-23-11(13)3/h9,12,15H,4-8H2,1-3H3,(H,19,22)/t15-/m0/s1. The fourth-order valence-electron chi connectivity index (χ4n) is 2.92. The summed E-state index contributed by atoms with van der Waals surface area (Å²) in [7, 11) is 0. The number of nitrogens with one attached hydrogen (secondary N) is 1. The molecule has 0 spiro atoms. The van der Waals surface area contributed by atoms with Crippen LogP contribution in [0.3, 0.4) is 0 Å². The summed E-state index contributed by atoms with van der Waals surface area (Å²) in [4.78, 5) is 16.7. The van der Waals surface area contributed by atoms with Gasteiger partial charge in [-0.15, -0.1) is 0 Å². The molecular formula is C16H23N5O2. The van der Waals surface area contributed by atoms with Crippen LogP contribution in [0.2, 0.25) is 0 Å². The minimum absolute atomic E-state index is 0.0328. The Labute approximate surface area is 135 Å². The van der Waals surface area contributed by atoms with Crippen LogP contribution < -0.4 is 5.32 Å². The van der Waals surface area contributed by atoms with Gasteiger partial charge < -0.3 is 9.84 Å². The van der Waals surface area contributed by atoms with E-state index < -0.39 is 0 Å². The van der Waals surface area contributed by atoms with Crippen molar-refractivity contribution in [2.45, 2.75) is 59.0 Å². The number of rotatable bonds is 7. The molecule has 124 valence electrons. The smallest absolute Gasteiger partial charge is 0.220 e. The number of carbonyl (C=O) groups excluding carboxylic acids is 1. The second-order valence-corrected chi connectivity index (χ2v) is 6.12. The van der Waals surface area contributed by atoms with Crippen LogP contribution in [0.1, 0.15) is 55.1 Å². The zero-order valence-corrected chi connectivity index (χ0v) is 13.9. The SMILES string of the molecule is CCn1ncnc1[C@@H](NC(=O)CCc1c(C)noc1C)C1CC1. The fraction of sp³-hybridized carbons (Fsp3) is 0.625. The summed E-state index contributed by atoms with van der Waals surface area (Å²) in [6.45, 7) is 6.57. The third-order valence-corrected chi connectivity index (χ3v) is 4.42. The highest BCUT2D eigenvalue weighted by Crippen LogP contribution is 2.40. The zero-order chi connectivity index (χ0) is 16.4. The van der Waals surface area contributed by atoms with Crippen LogP contribution in [0.5, 0.6) is 0 Å². The molecule has 1 saturated carbocycles. The first-order valence-corrected chi connectivity index (χ1v) is 8.19. The maximum absolute atomic E-state index is 12.4. The average Bonchev–Trinajstić information content (AvgIpc) is 3.18. The molecule has 2 heterocycles. The number of aromatic nitrogens is 4. The molecular weight excluding hydrogens is 294 g/mol. The Kier molecular flexibility index (Phi) is 4.45. The molecule has 2 aromatic rings. The lowest BCUT2D eigenvalue weighted by molar-refractivity contribution is -0.122. The van der Waals surface area contributed by atoms with Crippen molar-refractivity contribution in [3.8, 4) is 0 Å². The maximum Gasteiger partial charge on any atom is 0.220 e. The van der Waals surface area contributed by atoms with Crippen molar-refractivity contribution in [3.05, 3.63) is 29.2 Å². The number of hydrogen-bond acceptors (Lipinski definition) is 5. The van der Waals surface area contributed by atoms with E-state index >= 15 is 0 Å². The molecule has 0 bridgehead atoms. The second kappa shape index (κ2) is 6.52. The van der Waals surface area contributed by atoms with E-state index in [1.165, 1.54) is 0 Å². The summed E-state index contributed by atoms with van der Waals surface area (Å²) in [5.74, 6) is 2.17. The summed E-state index contributed by atoms with van der Waals surface area (Å²) in [6.07, 6.45) is 4.89. The number of nitrogens with zero attached hydrogens (tertiary/aromatic N) is 4. The van der Waals surface area contributed by atoms with E-state index in [-0.39, 0.29) is 11.9 Å². The van der Waals surface area contributed by atoms with Crippen molar-refractivity contribution in [1.82, 2.24) is 25.2 Å². The van der Waals surface area contributed by atoms with Crippen molar-refractivity contribution in [2.75, 3.05) is 0 Å². The van der Waals surface area contributed by atoms with Gasteiger partial charge in [-0.1, -0.05) is 5.16 Å². The zero-order valence-electron chi connectivity index (χ0n) is 13.9. The monoisotopic (exact) mass is 317 g/mol. The lowest BCUT2D eigenvalue weighted by atomic mass is 10.1. The molecule has 3 rings (SSSR count). The Morgan fingerprint density at radius 2 is 2.26 bits per heavy atom. The topological polar surface area (TPSA) is 85.8 Å². The van der Waals surface area contributed by atoms with E-state index in [1.807, 2.05) is 25.5 Å². The van der Waals surface area contributed by atoms with Crippen molar-refractivity contribution in [1.29, 1.82) is 0 Å². The van der Waals surface area contributed by atoms with Crippen LogP contribution in [0.25, 0.3) is 0 Å². The van der Waals surface area contributed by atoms with Gasteiger partial charge in [0.2, 0.25) is 5.91 Å². The Hall–Kier alpha value is -2.18. The molecule has 0 aliphatic heterocycles. The maximum atomic E-state index is 12.4. The summed E-state index contributed by atoms with van der Waals surface area (Å²) in [5.41, 5.74) is 1.89. The third kappa shape index (κ3) is 3.43. The Morgan fingerprint density at radius 3 is 2.87 bits per heavy atom. The number of aryl methyl sites for hydroxylation is 3. The lowest BCUT2D eigenvalue weighted by Gasteiger charge is -2.18. The quantitative estimate of drug-likeness (QED) is 0.845. The third-order valence-electron chi connectivity index (χ3n) is 4.42. The largest absolute Gasteiger partial charge is 0.361 e. The molecule has 1 aliphatic carbocycles. The van der Waals surface area contributed by atoms with Gasteiger partial charge in [0.15, 0.2) is 0 Å². The second-order valence-electron chi connectivity index (χ2n) is 6.12. The van der Waals surface area contributed by atoms with Gasteiger partial charge in [0.05, 0.1) is 11.7 Å². The van der Waals surface area contributed by atoms with Crippen molar-refractivity contribution in [3.63, 3.8) is 0 Å². The Morgan fingerprint density at radius 1 is 1.48 bits per heavy atom. The molecule has 0 aromatic carbocycles. The molecule has 0 saturated heterocycles. The molecule has 0 radical (unpaired) electrons. The van der Waals surface area contributed by atoms with Crippen LogP contribution >= 0.6 is 0 Å². The molecule has 1 amide bonds. The van der Waals surface area contributed by atoms with Crippen molar-refractivity contribution >= 4 is 5.91 Å². The van der Waals surface area contributed by atoms with Crippen molar-refractivity contribution in [2.24, 2.45) is 5.92 Å². The van der Waals surface area contributed by atoms with Crippen molar-refractivity contribution < 1.29 is 9.32 Å². The molecule has 7 heteroatoms. The first kappa shape index (κ1) is 15.7. The van der Waals surface area contributed by atoms with Crippen LogP contribution in [0, 0.1) is 19.8 Å². The van der Waals surface area contributed by atoms with Gasteiger partial charge in [-0.25, -0.2) is 9.67 Å². The summed E-state index contributed by atoms with van der Waals surface area (Å²) >= 11 is 0. The van der Waals surface area contributed by atoms with E-state index in [0.29, 0.717) is 18.8 Å². The summed E-state index contributed by atoms with van der Waals surface area (Å²) in [6, 6.07) is -0.0328. The highest BCUT2D eigenvalue weighted by Gasteiger charge is 2.36. The fourth-order valence-corrected chi connectivity index (χ4v) is 2.92. The van der Waals surface area contributed by atoms with Crippen LogP contribution in [0.4, 0.5) is 0 Å². The highest BCUT2D eigenvalue weighted by atomic mass is 16.5. The van der Waals surface area contributed by atoms with Crippen LogP contribution in [-0.4, -0.2) is 25.8 Å². The molecule has 1 N–H and O–H groups in total. The normalized spacial score (nSPS) is 15.6. The highest BCUT2D eigenvalue weighted by molar-refractivity contribution is 5.76. The average molecular weight is 317 g/mol. The van der Waals surface area contributed by atoms with E-state index in [0.717, 1.165) is 42.2 Å². The predicted octanol–water partition coefficient (Wildman–Crippen LogP) is 2.10. The number of amides is 1. The van der Waals surface area contributed by atoms with E-state index in [9.17, 15) is 4.79 Å². The molecule has 7 nitrogen and oxygen atoms in total. The molecule has 1 fully saturated rings. The van der Waals surface area contributed by atoms with Gasteiger partial charge in [-0.3, -0.25) is 4.79 Å². The Bertz CT molecular complexity index is 667. The minimum atomic E-state index is -0.0328. The van der Waals surface area contributed by atoms with E-state index in [2.05, 4.69) is 20.6 Å². The van der Waals surface area contributed by atoms with Gasteiger partial charge in [0.25, 0.3) is 0 Å². The first-order chi connectivity index (χ1) is 11.1. The molecule has 1 atom stereocenters. The van der Waals surface area contributed by atoms with Gasteiger partial charge in [0.1, 0.15) is 17.9 Å². The molecule has 23 heavy (non-hydrogen) atoms. The Balaban J connectivity index is 1.63. The molecule has 0 unspecified atom stereocenters. The number of carbonyl (C=O) groups is 1. The summed E-state index contributed by atoms with van der Waals surface area (Å²) < 4.78 is 7.00. The first-order valence-electron chi connectivity index (χ1n) is 8.19. The van der Waals surface area contributed by atoms with E-state index in [4.69, 9.17) is 4.52 Å². The molecule has 2 aromatic heterocycles. The predicted molar refractivity (Wildman–Crippen MR) is 83.6 cm³/mol. The van der Waals surface area contributed by atoms with Crippen LogP contribution in [0.15, 0.2) is 10.9 Å².